The van der Waals surface area contributed by atoms with E-state index in [-0.39, 0.29) is 5.91 Å². The summed E-state index contributed by atoms with van der Waals surface area (Å²) in [4.78, 5) is 12.2. The van der Waals surface area contributed by atoms with Gasteiger partial charge in [-0.25, -0.2) is 0 Å². The summed E-state index contributed by atoms with van der Waals surface area (Å²) in [6, 6.07) is 5.73. The van der Waals surface area contributed by atoms with Crippen LogP contribution in [0.15, 0.2) is 18.2 Å². The van der Waals surface area contributed by atoms with Gasteiger partial charge in [-0.2, -0.15) is 0 Å². The third-order valence-corrected chi connectivity index (χ3v) is 3.52. The Labute approximate surface area is 120 Å². The van der Waals surface area contributed by atoms with E-state index < -0.39 is 0 Å². The molecule has 0 saturated heterocycles. The summed E-state index contributed by atoms with van der Waals surface area (Å²) in [5, 5.41) is 2.99. The van der Waals surface area contributed by atoms with Gasteiger partial charge in [0.1, 0.15) is 0 Å². The second-order valence-electron chi connectivity index (χ2n) is 5.40. The number of hydrogen-bond acceptors (Lipinski definition) is 2. The van der Waals surface area contributed by atoms with Gasteiger partial charge in [-0.1, -0.05) is 36.3 Å². The number of amides is 1. The molecule has 3 nitrogen and oxygen atoms in total. The standard InChI is InChI=1S/C17H22N2O/c1-13-6-9-15(5-2-10-18)16(12-13)17(20)19-11-3-4-14-7-8-14/h6,9,12,14H,3-4,7-8,10-11,18H2,1H3,(H,19,20). The lowest BCUT2D eigenvalue weighted by atomic mass is 10.0. The Kier molecular flexibility index (Phi) is 5.20. The molecule has 1 fully saturated rings. The van der Waals surface area contributed by atoms with Crippen molar-refractivity contribution in [2.45, 2.75) is 32.6 Å². The number of nitrogens with two attached hydrogens (primary N) is 1. The Morgan fingerprint density at radius 1 is 1.45 bits per heavy atom. The Balaban J connectivity index is 1.97. The molecule has 1 amide bonds. The van der Waals surface area contributed by atoms with Crippen molar-refractivity contribution in [1.82, 2.24) is 5.32 Å². The van der Waals surface area contributed by atoms with Crippen LogP contribution in [0, 0.1) is 24.7 Å². The van der Waals surface area contributed by atoms with Gasteiger partial charge in [0.2, 0.25) is 0 Å². The second kappa shape index (κ2) is 7.12. The summed E-state index contributed by atoms with van der Waals surface area (Å²) in [5.41, 5.74) is 7.85. The van der Waals surface area contributed by atoms with Crippen molar-refractivity contribution in [3.8, 4) is 11.8 Å². The van der Waals surface area contributed by atoms with Crippen LogP contribution in [0.3, 0.4) is 0 Å². The molecule has 0 heterocycles. The largest absolute Gasteiger partial charge is 0.352 e. The quantitative estimate of drug-likeness (QED) is 0.637. The Morgan fingerprint density at radius 2 is 2.25 bits per heavy atom. The fourth-order valence-electron chi connectivity index (χ4n) is 2.20. The zero-order chi connectivity index (χ0) is 14.4. The molecule has 1 aliphatic rings. The maximum absolute atomic E-state index is 12.2. The lowest BCUT2D eigenvalue weighted by Crippen LogP contribution is -2.25. The van der Waals surface area contributed by atoms with E-state index in [9.17, 15) is 4.79 Å². The van der Waals surface area contributed by atoms with E-state index in [0.717, 1.165) is 30.0 Å². The molecule has 0 bridgehead atoms. The molecule has 20 heavy (non-hydrogen) atoms. The predicted octanol–water partition coefficient (Wildman–Crippen LogP) is 2.23. The van der Waals surface area contributed by atoms with E-state index in [1.165, 1.54) is 19.3 Å². The van der Waals surface area contributed by atoms with Crippen molar-refractivity contribution in [3.63, 3.8) is 0 Å². The highest BCUT2D eigenvalue weighted by atomic mass is 16.1. The summed E-state index contributed by atoms with van der Waals surface area (Å²) in [6.45, 7) is 3.02. The minimum atomic E-state index is -0.0363. The normalized spacial score (nSPS) is 13.5. The molecule has 1 aromatic carbocycles. The first-order chi connectivity index (χ1) is 9.70. The van der Waals surface area contributed by atoms with Crippen LogP contribution in [0.4, 0.5) is 0 Å². The number of carbonyl (C=O) groups is 1. The third kappa shape index (κ3) is 4.40. The molecule has 0 spiro atoms. The molecule has 106 valence electrons. The predicted molar refractivity (Wildman–Crippen MR) is 81.4 cm³/mol. The first-order valence-corrected chi connectivity index (χ1v) is 7.28. The minimum Gasteiger partial charge on any atom is -0.352 e. The van der Waals surface area contributed by atoms with Crippen LogP contribution in [-0.2, 0) is 0 Å². The Hall–Kier alpha value is -1.79. The molecule has 3 heteroatoms. The van der Waals surface area contributed by atoms with E-state index in [1.807, 2.05) is 25.1 Å². The number of rotatable bonds is 5. The van der Waals surface area contributed by atoms with Crippen LogP contribution in [0.2, 0.25) is 0 Å². The Bertz CT molecular complexity index is 536. The number of benzene rings is 1. The lowest BCUT2D eigenvalue weighted by molar-refractivity contribution is 0.0952. The van der Waals surface area contributed by atoms with Gasteiger partial charge in [-0.15, -0.1) is 0 Å². The number of nitrogens with one attached hydrogen (secondary N) is 1. The number of hydrogen-bond donors (Lipinski definition) is 2. The summed E-state index contributed by atoms with van der Waals surface area (Å²) < 4.78 is 0. The maximum atomic E-state index is 12.2. The van der Waals surface area contributed by atoms with E-state index in [2.05, 4.69) is 17.2 Å². The molecular formula is C17H22N2O. The summed E-state index contributed by atoms with van der Waals surface area (Å²) in [5.74, 6) is 6.65. The second-order valence-corrected chi connectivity index (χ2v) is 5.40. The van der Waals surface area contributed by atoms with Gasteiger partial charge in [-0.05, 0) is 37.8 Å². The third-order valence-electron chi connectivity index (χ3n) is 3.52. The van der Waals surface area contributed by atoms with Gasteiger partial charge in [0, 0.05) is 12.1 Å². The smallest absolute Gasteiger partial charge is 0.252 e. The van der Waals surface area contributed by atoms with Crippen molar-refractivity contribution in [1.29, 1.82) is 0 Å². The fourth-order valence-corrected chi connectivity index (χ4v) is 2.20. The molecule has 0 unspecified atom stereocenters. The minimum absolute atomic E-state index is 0.0363. The van der Waals surface area contributed by atoms with Crippen LogP contribution < -0.4 is 11.1 Å². The topological polar surface area (TPSA) is 55.1 Å². The first kappa shape index (κ1) is 14.6. The number of aryl methyl sites for hydroxylation is 1. The zero-order valence-electron chi connectivity index (χ0n) is 12.0. The summed E-state index contributed by atoms with van der Waals surface area (Å²) >= 11 is 0. The average molecular weight is 270 g/mol. The summed E-state index contributed by atoms with van der Waals surface area (Å²) in [6.07, 6.45) is 5.02. The number of carbonyl (C=O) groups excluding carboxylic acids is 1. The molecule has 2 rings (SSSR count). The molecule has 0 atom stereocenters. The molecule has 1 aliphatic carbocycles. The van der Waals surface area contributed by atoms with Crippen LogP contribution >= 0.6 is 0 Å². The molecular weight excluding hydrogens is 248 g/mol. The van der Waals surface area contributed by atoms with Gasteiger partial charge in [0.15, 0.2) is 0 Å². The van der Waals surface area contributed by atoms with Crippen molar-refractivity contribution in [2.75, 3.05) is 13.1 Å². The first-order valence-electron chi connectivity index (χ1n) is 7.28. The molecule has 3 N–H and O–H groups in total. The van der Waals surface area contributed by atoms with Crippen molar-refractivity contribution in [3.05, 3.63) is 34.9 Å². The van der Waals surface area contributed by atoms with Crippen molar-refractivity contribution in [2.24, 2.45) is 11.7 Å². The van der Waals surface area contributed by atoms with Crippen LogP contribution in [0.5, 0.6) is 0 Å². The molecule has 0 aromatic heterocycles. The SMILES string of the molecule is Cc1ccc(C#CCN)c(C(=O)NCCCC2CC2)c1. The monoisotopic (exact) mass is 270 g/mol. The fraction of sp³-hybridized carbons (Fsp3) is 0.471. The van der Waals surface area contributed by atoms with Gasteiger partial charge in [0.05, 0.1) is 12.1 Å². The molecule has 0 radical (unpaired) electrons. The van der Waals surface area contributed by atoms with Crippen molar-refractivity contribution < 1.29 is 4.79 Å². The molecule has 1 saturated carbocycles. The van der Waals surface area contributed by atoms with Crippen molar-refractivity contribution >= 4 is 5.91 Å². The van der Waals surface area contributed by atoms with E-state index >= 15 is 0 Å². The van der Waals surface area contributed by atoms with Crippen LogP contribution in [0.1, 0.15) is 47.2 Å². The van der Waals surface area contributed by atoms with Crippen LogP contribution in [0.25, 0.3) is 0 Å². The highest BCUT2D eigenvalue weighted by Gasteiger charge is 2.20. The highest BCUT2D eigenvalue weighted by molar-refractivity contribution is 5.96. The van der Waals surface area contributed by atoms with E-state index in [4.69, 9.17) is 5.73 Å². The Morgan fingerprint density at radius 3 is 2.95 bits per heavy atom. The molecule has 1 aromatic rings. The van der Waals surface area contributed by atoms with Gasteiger partial charge in [0.25, 0.3) is 5.91 Å². The average Bonchev–Trinajstić information content (AvgIpc) is 3.26. The zero-order valence-corrected chi connectivity index (χ0v) is 12.0. The summed E-state index contributed by atoms with van der Waals surface area (Å²) in [7, 11) is 0. The van der Waals surface area contributed by atoms with Gasteiger partial charge >= 0.3 is 0 Å². The maximum Gasteiger partial charge on any atom is 0.252 e. The van der Waals surface area contributed by atoms with Gasteiger partial charge in [-0.3, -0.25) is 4.79 Å². The molecule has 0 aliphatic heterocycles. The van der Waals surface area contributed by atoms with Crippen LogP contribution in [-0.4, -0.2) is 19.0 Å². The van der Waals surface area contributed by atoms with E-state index in [0.29, 0.717) is 12.1 Å². The van der Waals surface area contributed by atoms with E-state index in [1.54, 1.807) is 0 Å². The lowest BCUT2D eigenvalue weighted by Gasteiger charge is -2.08. The highest BCUT2D eigenvalue weighted by Crippen LogP contribution is 2.33. The van der Waals surface area contributed by atoms with Gasteiger partial charge < -0.3 is 11.1 Å².